The lowest BCUT2D eigenvalue weighted by molar-refractivity contribution is -0.143. The molecule has 0 unspecified atom stereocenters. The monoisotopic (exact) mass is 359 g/mol. The number of ether oxygens (including phenoxy) is 3. The van der Waals surface area contributed by atoms with E-state index in [0.29, 0.717) is 0 Å². The number of hydrogen-bond acceptors (Lipinski definition) is 7. The number of esters is 2. The predicted octanol–water partition coefficient (Wildman–Crippen LogP) is 0.673. The molecule has 0 aliphatic carbocycles. The van der Waals surface area contributed by atoms with Crippen molar-refractivity contribution >= 4 is 22.0 Å². The zero-order valence-electron chi connectivity index (χ0n) is 13.9. The zero-order valence-corrected chi connectivity index (χ0v) is 14.7. The molecule has 0 radical (unpaired) electrons. The van der Waals surface area contributed by atoms with Crippen LogP contribution in [0.15, 0.2) is 29.2 Å². The van der Waals surface area contributed by atoms with Crippen LogP contribution < -0.4 is 0 Å². The van der Waals surface area contributed by atoms with Gasteiger partial charge in [0, 0.05) is 13.7 Å². The minimum absolute atomic E-state index is 0.00357. The zero-order chi connectivity index (χ0) is 18.2. The molecule has 0 N–H and O–H groups in total. The van der Waals surface area contributed by atoms with Gasteiger partial charge in [-0.2, -0.15) is 4.31 Å². The highest BCUT2D eigenvalue weighted by molar-refractivity contribution is 7.89. The fourth-order valence-corrected chi connectivity index (χ4v) is 3.23. The molecule has 1 rings (SSSR count). The Kier molecular flexibility index (Phi) is 7.83. The van der Waals surface area contributed by atoms with Crippen LogP contribution in [-0.2, 0) is 29.0 Å². The third-order valence-corrected chi connectivity index (χ3v) is 4.93. The van der Waals surface area contributed by atoms with Gasteiger partial charge in [-0.05, 0) is 31.2 Å². The van der Waals surface area contributed by atoms with E-state index in [0.717, 1.165) is 4.31 Å². The minimum atomic E-state index is -3.94. The number of sulfonamides is 1. The molecule has 0 atom stereocenters. The molecular formula is C15H21NO7S. The summed E-state index contributed by atoms with van der Waals surface area (Å²) in [6, 6.07) is 5.26. The Bertz CT molecular complexity index is 655. The van der Waals surface area contributed by atoms with Gasteiger partial charge in [0.25, 0.3) is 0 Å². The van der Waals surface area contributed by atoms with Crippen LogP contribution >= 0.6 is 0 Å². The first-order chi connectivity index (χ1) is 11.4. The molecule has 1 aromatic rings. The van der Waals surface area contributed by atoms with E-state index in [1.165, 1.54) is 38.5 Å². The maximum atomic E-state index is 12.7. The third kappa shape index (κ3) is 5.29. The molecule has 24 heavy (non-hydrogen) atoms. The Morgan fingerprint density at radius 1 is 1.12 bits per heavy atom. The molecule has 9 heteroatoms. The molecule has 0 aliphatic heterocycles. The van der Waals surface area contributed by atoms with E-state index in [1.54, 1.807) is 6.92 Å². The van der Waals surface area contributed by atoms with Gasteiger partial charge in [-0.1, -0.05) is 0 Å². The quantitative estimate of drug-likeness (QED) is 0.598. The molecule has 0 saturated heterocycles. The summed E-state index contributed by atoms with van der Waals surface area (Å²) >= 11 is 0. The standard InChI is InChI=1S/C15H21NO7S/c1-4-23-14(17)11-16(9-10-21-2)24(19,20)13-7-5-12(6-8-13)15(18)22-3/h5-8H,4,9-11H2,1-3H3. The van der Waals surface area contributed by atoms with Crippen molar-refractivity contribution in [3.8, 4) is 0 Å². The molecular weight excluding hydrogens is 338 g/mol. The van der Waals surface area contributed by atoms with Crippen LogP contribution in [0.4, 0.5) is 0 Å². The lowest BCUT2D eigenvalue weighted by atomic mass is 10.2. The summed E-state index contributed by atoms with van der Waals surface area (Å²) in [6.07, 6.45) is 0. The average molecular weight is 359 g/mol. The van der Waals surface area contributed by atoms with Crippen LogP contribution in [0.25, 0.3) is 0 Å². The summed E-state index contributed by atoms with van der Waals surface area (Å²) in [5, 5.41) is 0. The summed E-state index contributed by atoms with van der Waals surface area (Å²) < 4.78 is 40.6. The first-order valence-electron chi connectivity index (χ1n) is 7.19. The maximum absolute atomic E-state index is 12.7. The second kappa shape index (κ2) is 9.36. The van der Waals surface area contributed by atoms with Gasteiger partial charge in [0.2, 0.25) is 10.0 Å². The van der Waals surface area contributed by atoms with E-state index >= 15 is 0 Å². The van der Waals surface area contributed by atoms with Crippen molar-refractivity contribution in [2.45, 2.75) is 11.8 Å². The number of hydrogen-bond donors (Lipinski definition) is 0. The van der Waals surface area contributed by atoms with E-state index in [2.05, 4.69) is 4.74 Å². The van der Waals surface area contributed by atoms with Crippen LogP contribution in [0, 0.1) is 0 Å². The van der Waals surface area contributed by atoms with Crippen molar-refractivity contribution < 1.29 is 32.2 Å². The Labute approximate surface area is 141 Å². The second-order valence-electron chi connectivity index (χ2n) is 4.65. The highest BCUT2D eigenvalue weighted by atomic mass is 32.2. The first-order valence-corrected chi connectivity index (χ1v) is 8.63. The van der Waals surface area contributed by atoms with Gasteiger partial charge in [0.15, 0.2) is 0 Å². The van der Waals surface area contributed by atoms with Gasteiger partial charge in [0.1, 0.15) is 6.54 Å². The van der Waals surface area contributed by atoms with E-state index < -0.39 is 28.5 Å². The molecule has 0 aliphatic rings. The molecule has 0 heterocycles. The highest BCUT2D eigenvalue weighted by Crippen LogP contribution is 2.17. The fourth-order valence-electron chi connectivity index (χ4n) is 1.86. The molecule has 0 spiro atoms. The van der Waals surface area contributed by atoms with Gasteiger partial charge in [0.05, 0.1) is 30.8 Å². The molecule has 0 amide bonds. The Morgan fingerprint density at radius 2 is 1.75 bits per heavy atom. The van der Waals surface area contributed by atoms with Gasteiger partial charge in [-0.15, -0.1) is 0 Å². The number of nitrogens with zero attached hydrogens (tertiary/aromatic N) is 1. The molecule has 0 bridgehead atoms. The first kappa shape index (κ1) is 20.1. The molecule has 0 aromatic heterocycles. The normalized spacial score (nSPS) is 11.3. The minimum Gasteiger partial charge on any atom is -0.465 e. The van der Waals surface area contributed by atoms with Crippen molar-refractivity contribution in [1.29, 1.82) is 0 Å². The second-order valence-corrected chi connectivity index (χ2v) is 6.59. The number of rotatable bonds is 9. The number of benzene rings is 1. The average Bonchev–Trinajstić information content (AvgIpc) is 2.58. The van der Waals surface area contributed by atoms with Crippen LogP contribution in [0.2, 0.25) is 0 Å². The summed E-state index contributed by atoms with van der Waals surface area (Å²) in [4.78, 5) is 23.0. The molecule has 0 fully saturated rings. The van der Waals surface area contributed by atoms with Crippen molar-refractivity contribution in [3.63, 3.8) is 0 Å². The Balaban J connectivity index is 3.05. The van der Waals surface area contributed by atoms with Crippen molar-refractivity contribution in [2.24, 2.45) is 0 Å². The van der Waals surface area contributed by atoms with Crippen LogP contribution in [0.1, 0.15) is 17.3 Å². The lowest BCUT2D eigenvalue weighted by Gasteiger charge is -2.21. The van der Waals surface area contributed by atoms with Crippen LogP contribution in [0.5, 0.6) is 0 Å². The Hall–Kier alpha value is -1.97. The van der Waals surface area contributed by atoms with Gasteiger partial charge < -0.3 is 14.2 Å². The summed E-state index contributed by atoms with van der Waals surface area (Å²) in [5.41, 5.74) is 0.227. The van der Waals surface area contributed by atoms with Crippen molar-refractivity contribution in [1.82, 2.24) is 4.31 Å². The largest absolute Gasteiger partial charge is 0.465 e. The summed E-state index contributed by atoms with van der Waals surface area (Å²) in [6.45, 7) is 1.50. The van der Waals surface area contributed by atoms with Crippen molar-refractivity contribution in [3.05, 3.63) is 29.8 Å². The highest BCUT2D eigenvalue weighted by Gasteiger charge is 2.27. The molecule has 134 valence electrons. The predicted molar refractivity (Wildman–Crippen MR) is 85.0 cm³/mol. The van der Waals surface area contributed by atoms with Crippen molar-refractivity contribution in [2.75, 3.05) is 40.5 Å². The maximum Gasteiger partial charge on any atom is 0.337 e. The molecule has 0 saturated carbocycles. The molecule has 1 aromatic carbocycles. The summed E-state index contributed by atoms with van der Waals surface area (Å²) in [5.74, 6) is -1.22. The van der Waals surface area contributed by atoms with Gasteiger partial charge >= 0.3 is 11.9 Å². The Morgan fingerprint density at radius 3 is 2.25 bits per heavy atom. The van der Waals surface area contributed by atoms with E-state index in [4.69, 9.17) is 9.47 Å². The third-order valence-electron chi connectivity index (χ3n) is 3.07. The lowest BCUT2D eigenvalue weighted by Crippen LogP contribution is -2.38. The van der Waals surface area contributed by atoms with Crippen LogP contribution in [0.3, 0.4) is 0 Å². The van der Waals surface area contributed by atoms with Gasteiger partial charge in [-0.25, -0.2) is 13.2 Å². The smallest absolute Gasteiger partial charge is 0.337 e. The number of carbonyl (C=O) groups excluding carboxylic acids is 2. The van der Waals surface area contributed by atoms with E-state index in [-0.39, 0.29) is 30.2 Å². The summed E-state index contributed by atoms with van der Waals surface area (Å²) in [7, 11) is -1.27. The molecule has 8 nitrogen and oxygen atoms in total. The van der Waals surface area contributed by atoms with E-state index in [9.17, 15) is 18.0 Å². The number of methoxy groups -OCH3 is 2. The SMILES string of the molecule is CCOC(=O)CN(CCOC)S(=O)(=O)c1ccc(C(=O)OC)cc1. The fraction of sp³-hybridized carbons (Fsp3) is 0.467. The van der Waals surface area contributed by atoms with E-state index in [1.807, 2.05) is 0 Å². The van der Waals surface area contributed by atoms with Gasteiger partial charge in [-0.3, -0.25) is 4.79 Å². The van der Waals surface area contributed by atoms with Crippen LogP contribution in [-0.4, -0.2) is 65.2 Å². The number of carbonyl (C=O) groups is 2. The topological polar surface area (TPSA) is 99.2 Å².